The summed E-state index contributed by atoms with van der Waals surface area (Å²) in [6.45, 7) is 0. The summed E-state index contributed by atoms with van der Waals surface area (Å²) in [5.74, 6) is -0.595. The number of benzene rings is 1. The minimum Gasteiger partial charge on any atom is -0.329 e. The van der Waals surface area contributed by atoms with Crippen molar-refractivity contribution in [2.45, 2.75) is 31.6 Å². The summed E-state index contributed by atoms with van der Waals surface area (Å²) in [4.78, 5) is 24.0. The third-order valence-electron chi connectivity index (χ3n) is 3.83. The highest BCUT2D eigenvalue weighted by molar-refractivity contribution is 9.10. The van der Waals surface area contributed by atoms with Crippen LogP contribution in [0.5, 0.6) is 0 Å². The van der Waals surface area contributed by atoms with Crippen LogP contribution < -0.4 is 5.32 Å². The van der Waals surface area contributed by atoms with E-state index in [1.165, 1.54) is 6.07 Å². The van der Waals surface area contributed by atoms with E-state index in [0.29, 0.717) is 16.5 Å². The molecule has 1 heterocycles. The Morgan fingerprint density at radius 2 is 2.05 bits per heavy atom. The van der Waals surface area contributed by atoms with Gasteiger partial charge in [-0.15, -0.1) is 0 Å². The Morgan fingerprint density at radius 1 is 1.25 bits per heavy atom. The first kappa shape index (κ1) is 13.5. The number of amides is 1. The summed E-state index contributed by atoms with van der Waals surface area (Å²) in [6.07, 6.45) is 2.26. The van der Waals surface area contributed by atoms with Gasteiger partial charge in [-0.2, -0.15) is 0 Å². The predicted molar refractivity (Wildman–Crippen MR) is 75.5 cm³/mol. The van der Waals surface area contributed by atoms with E-state index in [2.05, 4.69) is 21.2 Å². The van der Waals surface area contributed by atoms with E-state index in [0.717, 1.165) is 24.1 Å². The second-order valence-corrected chi connectivity index (χ2v) is 6.00. The molecule has 1 aliphatic heterocycles. The maximum atomic E-state index is 13.3. The highest BCUT2D eigenvalue weighted by Crippen LogP contribution is 2.38. The molecule has 20 heavy (non-hydrogen) atoms. The number of Topliss-reactive ketones (excluding diaryl/α,β-unsaturated/α-hetero) is 1. The molecule has 5 heteroatoms. The van der Waals surface area contributed by atoms with Crippen LogP contribution in [0.1, 0.15) is 37.2 Å². The summed E-state index contributed by atoms with van der Waals surface area (Å²) in [5.41, 5.74) is 2.26. The van der Waals surface area contributed by atoms with Crippen molar-refractivity contribution in [2.24, 2.45) is 0 Å². The number of hydrogen-bond donors (Lipinski definition) is 1. The zero-order valence-corrected chi connectivity index (χ0v) is 12.3. The van der Waals surface area contributed by atoms with Gasteiger partial charge in [0.1, 0.15) is 5.82 Å². The summed E-state index contributed by atoms with van der Waals surface area (Å²) >= 11 is 3.15. The van der Waals surface area contributed by atoms with Crippen molar-refractivity contribution in [2.75, 3.05) is 0 Å². The molecular weight excluding hydrogens is 325 g/mol. The maximum Gasteiger partial charge on any atom is 0.225 e. The lowest BCUT2D eigenvalue weighted by molar-refractivity contribution is -0.122. The number of nitrogens with one attached hydrogen (secondary N) is 1. The summed E-state index contributed by atoms with van der Waals surface area (Å²) < 4.78 is 13.7. The fourth-order valence-electron chi connectivity index (χ4n) is 2.92. The van der Waals surface area contributed by atoms with Crippen molar-refractivity contribution >= 4 is 27.6 Å². The van der Waals surface area contributed by atoms with E-state index in [1.807, 2.05) is 0 Å². The Balaban J connectivity index is 2.08. The van der Waals surface area contributed by atoms with E-state index >= 15 is 0 Å². The standard InChI is InChI=1S/C15H13BrFNO2/c16-10-6-8(4-5-11(10)17)9-7-14(20)18-12-2-1-3-13(19)15(9)12/h4-6,9H,1-3,7H2,(H,18,20)/t9-/m0/s1. The average molecular weight is 338 g/mol. The Morgan fingerprint density at radius 3 is 2.80 bits per heavy atom. The third-order valence-corrected chi connectivity index (χ3v) is 4.44. The highest BCUT2D eigenvalue weighted by atomic mass is 79.9. The molecule has 0 spiro atoms. The maximum absolute atomic E-state index is 13.3. The Labute approximate surface area is 124 Å². The van der Waals surface area contributed by atoms with Crippen molar-refractivity contribution in [3.8, 4) is 0 Å². The largest absolute Gasteiger partial charge is 0.329 e. The number of carbonyl (C=O) groups excluding carboxylic acids is 2. The number of carbonyl (C=O) groups is 2. The van der Waals surface area contributed by atoms with E-state index in [9.17, 15) is 14.0 Å². The van der Waals surface area contributed by atoms with Gasteiger partial charge in [-0.25, -0.2) is 4.39 Å². The molecule has 3 nitrogen and oxygen atoms in total. The van der Waals surface area contributed by atoms with Crippen LogP contribution in [0.15, 0.2) is 33.9 Å². The van der Waals surface area contributed by atoms with E-state index in [-0.39, 0.29) is 29.8 Å². The molecule has 1 aromatic rings. The van der Waals surface area contributed by atoms with Crippen LogP contribution >= 0.6 is 15.9 Å². The van der Waals surface area contributed by atoms with Gasteiger partial charge in [0.25, 0.3) is 0 Å². The normalized spacial score (nSPS) is 22.6. The van der Waals surface area contributed by atoms with Crippen LogP contribution in [0.4, 0.5) is 4.39 Å². The minimum atomic E-state index is -0.349. The summed E-state index contributed by atoms with van der Waals surface area (Å²) in [5, 5.41) is 2.81. The molecule has 0 aromatic heterocycles. The summed E-state index contributed by atoms with van der Waals surface area (Å²) in [6, 6.07) is 4.67. The van der Waals surface area contributed by atoms with Gasteiger partial charge in [0.15, 0.2) is 5.78 Å². The Hall–Kier alpha value is -1.49. The lowest BCUT2D eigenvalue weighted by Crippen LogP contribution is -2.36. The average Bonchev–Trinajstić information content (AvgIpc) is 2.41. The van der Waals surface area contributed by atoms with Gasteiger partial charge in [-0.05, 0) is 46.5 Å². The number of ketones is 1. The lowest BCUT2D eigenvalue weighted by Gasteiger charge is -2.31. The van der Waals surface area contributed by atoms with Crippen LogP contribution in [-0.2, 0) is 9.59 Å². The quantitative estimate of drug-likeness (QED) is 0.855. The number of allylic oxidation sites excluding steroid dienone is 2. The zero-order valence-electron chi connectivity index (χ0n) is 10.7. The molecule has 1 aromatic carbocycles. The molecule has 2 aliphatic rings. The first-order valence-electron chi connectivity index (χ1n) is 6.57. The second-order valence-electron chi connectivity index (χ2n) is 5.15. The first-order valence-corrected chi connectivity index (χ1v) is 7.36. The van der Waals surface area contributed by atoms with Gasteiger partial charge in [0.2, 0.25) is 5.91 Å². The highest BCUT2D eigenvalue weighted by Gasteiger charge is 2.34. The van der Waals surface area contributed by atoms with Crippen LogP contribution in [0.3, 0.4) is 0 Å². The van der Waals surface area contributed by atoms with Crippen molar-refractivity contribution in [3.63, 3.8) is 0 Å². The van der Waals surface area contributed by atoms with Crippen molar-refractivity contribution < 1.29 is 14.0 Å². The van der Waals surface area contributed by atoms with Gasteiger partial charge in [0.05, 0.1) is 4.47 Å². The molecule has 1 aliphatic carbocycles. The van der Waals surface area contributed by atoms with Crippen molar-refractivity contribution in [1.29, 1.82) is 0 Å². The van der Waals surface area contributed by atoms with Gasteiger partial charge >= 0.3 is 0 Å². The van der Waals surface area contributed by atoms with E-state index < -0.39 is 0 Å². The third kappa shape index (κ3) is 2.30. The Kier molecular flexibility index (Phi) is 3.46. The van der Waals surface area contributed by atoms with Crippen LogP contribution in [0.2, 0.25) is 0 Å². The van der Waals surface area contributed by atoms with E-state index in [4.69, 9.17) is 0 Å². The molecule has 3 rings (SSSR count). The number of rotatable bonds is 1. The molecule has 0 saturated heterocycles. The fourth-order valence-corrected chi connectivity index (χ4v) is 3.31. The van der Waals surface area contributed by atoms with Gasteiger partial charge in [0, 0.05) is 30.0 Å². The molecule has 0 radical (unpaired) electrons. The predicted octanol–water partition coefficient (Wildman–Crippen LogP) is 3.20. The van der Waals surface area contributed by atoms with Crippen LogP contribution in [0.25, 0.3) is 0 Å². The van der Waals surface area contributed by atoms with Crippen molar-refractivity contribution in [1.82, 2.24) is 5.32 Å². The SMILES string of the molecule is O=C1C[C@@H](c2ccc(F)c(Br)c2)C2=C(CCCC2=O)N1. The van der Waals surface area contributed by atoms with Crippen LogP contribution in [-0.4, -0.2) is 11.7 Å². The first-order chi connectivity index (χ1) is 9.56. The summed E-state index contributed by atoms with van der Waals surface area (Å²) in [7, 11) is 0. The van der Waals surface area contributed by atoms with E-state index in [1.54, 1.807) is 12.1 Å². The second kappa shape index (κ2) is 5.13. The number of hydrogen-bond acceptors (Lipinski definition) is 2. The van der Waals surface area contributed by atoms with Crippen LogP contribution in [0, 0.1) is 5.82 Å². The fraction of sp³-hybridized carbons (Fsp3) is 0.333. The van der Waals surface area contributed by atoms with Gasteiger partial charge in [-0.1, -0.05) is 6.07 Å². The van der Waals surface area contributed by atoms with Gasteiger partial charge < -0.3 is 5.32 Å². The molecule has 104 valence electrons. The molecule has 1 atom stereocenters. The molecule has 0 bridgehead atoms. The molecule has 0 unspecified atom stereocenters. The molecule has 1 N–H and O–H groups in total. The lowest BCUT2D eigenvalue weighted by atomic mass is 9.78. The monoisotopic (exact) mass is 337 g/mol. The van der Waals surface area contributed by atoms with Gasteiger partial charge in [-0.3, -0.25) is 9.59 Å². The molecule has 0 saturated carbocycles. The topological polar surface area (TPSA) is 46.2 Å². The molecule has 0 fully saturated rings. The number of halogens is 2. The van der Waals surface area contributed by atoms with Crippen molar-refractivity contribution in [3.05, 3.63) is 45.3 Å². The smallest absolute Gasteiger partial charge is 0.225 e. The zero-order chi connectivity index (χ0) is 14.3. The Bertz CT molecular complexity index is 639. The minimum absolute atomic E-state index is 0.0797. The molecular formula is C15H13BrFNO2. The molecule has 1 amide bonds.